The molecule has 0 saturated heterocycles. The van der Waals surface area contributed by atoms with E-state index in [0.29, 0.717) is 11.8 Å². The van der Waals surface area contributed by atoms with Gasteiger partial charge >= 0.3 is 0 Å². The molecule has 2 heterocycles. The quantitative estimate of drug-likeness (QED) is 0.784. The fourth-order valence-corrected chi connectivity index (χ4v) is 5.43. The molecule has 0 aliphatic heterocycles. The van der Waals surface area contributed by atoms with Gasteiger partial charge in [-0.1, -0.05) is 18.7 Å². The molecule has 1 amide bonds. The Hall–Kier alpha value is -1.34. The molecule has 0 bridgehead atoms. The molecule has 1 fully saturated rings. The van der Waals surface area contributed by atoms with Crippen molar-refractivity contribution in [1.82, 2.24) is 20.1 Å². The third-order valence-electron chi connectivity index (χ3n) is 4.95. The Morgan fingerprint density at radius 2 is 2.24 bits per heavy atom. The smallest absolute Gasteiger partial charge is 0.230 e. The normalized spacial score (nSPS) is 19.7. The molecule has 2 aromatic heterocycles. The molecule has 1 saturated carbocycles. The van der Waals surface area contributed by atoms with E-state index in [1.54, 1.807) is 0 Å². The first-order valence-corrected chi connectivity index (χ1v) is 11.0. The molecule has 0 aromatic carbocycles. The van der Waals surface area contributed by atoms with Crippen molar-refractivity contribution in [3.8, 4) is 11.4 Å². The second-order valence-electron chi connectivity index (χ2n) is 7.08. The summed E-state index contributed by atoms with van der Waals surface area (Å²) in [6, 6.07) is 0.410. The zero-order chi connectivity index (χ0) is 17.4. The van der Waals surface area contributed by atoms with Gasteiger partial charge in [-0.05, 0) is 50.5 Å². The Balaban J connectivity index is 1.53. The van der Waals surface area contributed by atoms with E-state index in [1.165, 1.54) is 40.6 Å². The van der Waals surface area contributed by atoms with E-state index in [-0.39, 0.29) is 5.91 Å². The minimum atomic E-state index is 0.0987. The third kappa shape index (κ3) is 3.62. The molecular formula is C18H24N4OS2. The number of amides is 1. The average molecular weight is 377 g/mol. The van der Waals surface area contributed by atoms with Crippen LogP contribution in [-0.4, -0.2) is 32.5 Å². The first-order valence-electron chi connectivity index (χ1n) is 9.10. The van der Waals surface area contributed by atoms with Crippen LogP contribution in [0.1, 0.15) is 43.6 Å². The molecule has 1 unspecified atom stereocenters. The van der Waals surface area contributed by atoms with Crippen LogP contribution in [0.15, 0.2) is 10.5 Å². The van der Waals surface area contributed by atoms with Crippen molar-refractivity contribution in [1.29, 1.82) is 0 Å². The van der Waals surface area contributed by atoms with Gasteiger partial charge in [0.1, 0.15) is 0 Å². The van der Waals surface area contributed by atoms with Gasteiger partial charge in [0.15, 0.2) is 11.0 Å². The number of nitrogens with one attached hydrogen (secondary N) is 1. The highest BCUT2D eigenvalue weighted by Gasteiger charge is 2.25. The summed E-state index contributed by atoms with van der Waals surface area (Å²) >= 11 is 3.35. The molecule has 5 nitrogen and oxygen atoms in total. The van der Waals surface area contributed by atoms with Crippen LogP contribution in [0.5, 0.6) is 0 Å². The zero-order valence-corrected chi connectivity index (χ0v) is 16.4. The lowest BCUT2D eigenvalue weighted by molar-refractivity contribution is -0.118. The predicted molar refractivity (Wildman–Crippen MR) is 102 cm³/mol. The van der Waals surface area contributed by atoms with E-state index in [0.717, 1.165) is 42.7 Å². The van der Waals surface area contributed by atoms with Crippen molar-refractivity contribution >= 4 is 29.0 Å². The lowest BCUT2D eigenvalue weighted by Crippen LogP contribution is -2.27. The second kappa shape index (κ2) is 7.11. The SMILES string of the molecule is CCn1c(SCC(=O)NC2CC2)nnc1-c1csc2c1CCC(C)C2. The van der Waals surface area contributed by atoms with Gasteiger partial charge in [-0.15, -0.1) is 21.5 Å². The average Bonchev–Trinajstić information content (AvgIpc) is 3.17. The van der Waals surface area contributed by atoms with E-state index >= 15 is 0 Å². The van der Waals surface area contributed by atoms with Crippen LogP contribution in [-0.2, 0) is 24.2 Å². The fourth-order valence-electron chi connectivity index (χ4n) is 3.37. The first kappa shape index (κ1) is 17.1. The number of hydrogen-bond acceptors (Lipinski definition) is 5. The highest BCUT2D eigenvalue weighted by molar-refractivity contribution is 7.99. The van der Waals surface area contributed by atoms with Crippen LogP contribution in [0, 0.1) is 5.92 Å². The molecule has 1 N–H and O–H groups in total. The van der Waals surface area contributed by atoms with Crippen molar-refractivity contribution in [2.75, 3.05) is 5.75 Å². The molecule has 7 heteroatoms. The van der Waals surface area contributed by atoms with Crippen LogP contribution < -0.4 is 5.32 Å². The number of thioether (sulfide) groups is 1. The topological polar surface area (TPSA) is 59.8 Å². The predicted octanol–water partition coefficient (Wildman–Crippen LogP) is 3.52. The summed E-state index contributed by atoms with van der Waals surface area (Å²) < 4.78 is 2.15. The largest absolute Gasteiger partial charge is 0.353 e. The molecule has 1 atom stereocenters. The van der Waals surface area contributed by atoms with Gasteiger partial charge in [0.25, 0.3) is 0 Å². The zero-order valence-electron chi connectivity index (χ0n) is 14.7. The van der Waals surface area contributed by atoms with E-state index in [1.807, 2.05) is 11.3 Å². The van der Waals surface area contributed by atoms with E-state index in [9.17, 15) is 4.79 Å². The molecular weight excluding hydrogens is 352 g/mol. The Bertz CT molecular complexity index is 778. The van der Waals surface area contributed by atoms with Gasteiger partial charge < -0.3 is 9.88 Å². The summed E-state index contributed by atoms with van der Waals surface area (Å²) in [5, 5.41) is 15.0. The Kier molecular flexibility index (Phi) is 4.86. The lowest BCUT2D eigenvalue weighted by atomic mass is 9.88. The van der Waals surface area contributed by atoms with Crippen molar-refractivity contribution in [3.05, 3.63) is 15.8 Å². The molecule has 0 radical (unpaired) electrons. The summed E-state index contributed by atoms with van der Waals surface area (Å²) in [5.41, 5.74) is 2.71. The molecule has 0 spiro atoms. The Morgan fingerprint density at radius 3 is 3.00 bits per heavy atom. The maximum Gasteiger partial charge on any atom is 0.230 e. The van der Waals surface area contributed by atoms with Crippen molar-refractivity contribution < 1.29 is 4.79 Å². The van der Waals surface area contributed by atoms with Crippen LogP contribution in [0.3, 0.4) is 0 Å². The number of nitrogens with zero attached hydrogens (tertiary/aromatic N) is 3. The van der Waals surface area contributed by atoms with Gasteiger partial charge in [-0.3, -0.25) is 4.79 Å². The van der Waals surface area contributed by atoms with Crippen LogP contribution in [0.25, 0.3) is 11.4 Å². The number of fused-ring (bicyclic) bond motifs is 1. The van der Waals surface area contributed by atoms with E-state index in [4.69, 9.17) is 0 Å². The maximum atomic E-state index is 11.9. The summed E-state index contributed by atoms with van der Waals surface area (Å²) in [6.07, 6.45) is 5.81. The summed E-state index contributed by atoms with van der Waals surface area (Å²) in [7, 11) is 0. The molecule has 4 rings (SSSR count). The number of thiophene rings is 1. The number of hydrogen-bond donors (Lipinski definition) is 1. The van der Waals surface area contributed by atoms with Crippen LogP contribution in [0.4, 0.5) is 0 Å². The first-order chi connectivity index (χ1) is 12.2. The Morgan fingerprint density at radius 1 is 1.40 bits per heavy atom. The molecule has 2 aromatic rings. The summed E-state index contributed by atoms with van der Waals surface area (Å²) in [5.74, 6) is 2.24. The van der Waals surface area contributed by atoms with Crippen molar-refractivity contribution in [2.24, 2.45) is 5.92 Å². The third-order valence-corrected chi connectivity index (χ3v) is 6.97. The van der Waals surface area contributed by atoms with Gasteiger partial charge in [0, 0.05) is 28.4 Å². The molecule has 2 aliphatic carbocycles. The van der Waals surface area contributed by atoms with Gasteiger partial charge in [-0.2, -0.15) is 0 Å². The van der Waals surface area contributed by atoms with Crippen molar-refractivity contribution in [2.45, 2.75) is 63.7 Å². The number of rotatable bonds is 6. The van der Waals surface area contributed by atoms with Gasteiger partial charge in [0.2, 0.25) is 5.91 Å². The fraction of sp³-hybridized carbons (Fsp3) is 0.611. The molecule has 25 heavy (non-hydrogen) atoms. The highest BCUT2D eigenvalue weighted by Crippen LogP contribution is 2.38. The molecule has 2 aliphatic rings. The van der Waals surface area contributed by atoms with E-state index < -0.39 is 0 Å². The number of aromatic nitrogens is 3. The van der Waals surface area contributed by atoms with Crippen molar-refractivity contribution in [3.63, 3.8) is 0 Å². The second-order valence-corrected chi connectivity index (χ2v) is 8.99. The summed E-state index contributed by atoms with van der Waals surface area (Å²) in [4.78, 5) is 13.4. The maximum absolute atomic E-state index is 11.9. The number of carbonyl (C=O) groups is 1. The van der Waals surface area contributed by atoms with Crippen LogP contribution >= 0.6 is 23.1 Å². The highest BCUT2D eigenvalue weighted by atomic mass is 32.2. The minimum Gasteiger partial charge on any atom is -0.353 e. The number of carbonyl (C=O) groups excluding carboxylic acids is 1. The molecule has 134 valence electrons. The minimum absolute atomic E-state index is 0.0987. The monoisotopic (exact) mass is 376 g/mol. The summed E-state index contributed by atoms with van der Waals surface area (Å²) in [6.45, 7) is 5.26. The van der Waals surface area contributed by atoms with Gasteiger partial charge in [-0.25, -0.2) is 0 Å². The Labute approximate surface area is 156 Å². The lowest BCUT2D eigenvalue weighted by Gasteiger charge is -2.19. The van der Waals surface area contributed by atoms with E-state index in [2.05, 4.69) is 39.3 Å². The van der Waals surface area contributed by atoms with Crippen LogP contribution in [0.2, 0.25) is 0 Å². The standard InChI is InChI=1S/C18H24N4OS2/c1-3-22-17(14-9-24-15-8-11(2)4-7-13(14)15)20-21-18(22)25-10-16(23)19-12-5-6-12/h9,11-12H,3-8,10H2,1-2H3,(H,19,23). The van der Waals surface area contributed by atoms with Gasteiger partial charge in [0.05, 0.1) is 5.75 Å².